The molecule has 17 heavy (non-hydrogen) atoms. The van der Waals surface area contributed by atoms with Gasteiger partial charge in [0.25, 0.3) is 0 Å². The summed E-state index contributed by atoms with van der Waals surface area (Å²) < 4.78 is 0. The summed E-state index contributed by atoms with van der Waals surface area (Å²) in [5.74, 6) is 2.48. The molecule has 1 atom stereocenters. The molecule has 1 saturated carbocycles. The maximum Gasteiger partial charge on any atom is 0.136 e. The van der Waals surface area contributed by atoms with Crippen molar-refractivity contribution in [2.75, 3.05) is 0 Å². The molecule has 1 unspecified atom stereocenters. The molecule has 0 aromatic heterocycles. The van der Waals surface area contributed by atoms with Gasteiger partial charge < -0.3 is 0 Å². The van der Waals surface area contributed by atoms with E-state index in [0.29, 0.717) is 17.6 Å². The molecule has 1 fully saturated rings. The molecule has 0 heterocycles. The van der Waals surface area contributed by atoms with Gasteiger partial charge in [0, 0.05) is 12.3 Å². The first-order valence-corrected chi connectivity index (χ1v) is 7.70. The third-order valence-corrected chi connectivity index (χ3v) is 4.50. The number of unbranched alkanes of at least 4 members (excludes halogenated alkanes) is 1. The van der Waals surface area contributed by atoms with Crippen LogP contribution in [0.15, 0.2) is 0 Å². The molecule has 1 aliphatic rings. The Balaban J connectivity index is 2.31. The standard InChI is InChI=1S/C16H30O/c1-4-6-7-14(5-2)12-16(17)15-10-8-13(3)9-11-15/h13-15H,4-12H2,1-3H3. The van der Waals surface area contributed by atoms with Crippen molar-refractivity contribution in [1.29, 1.82) is 0 Å². The lowest BCUT2D eigenvalue weighted by atomic mass is 9.78. The van der Waals surface area contributed by atoms with Crippen molar-refractivity contribution in [3.05, 3.63) is 0 Å². The molecule has 0 aliphatic heterocycles. The van der Waals surface area contributed by atoms with E-state index >= 15 is 0 Å². The first-order chi connectivity index (χ1) is 8.17. The Morgan fingerprint density at radius 2 is 1.82 bits per heavy atom. The summed E-state index contributed by atoms with van der Waals surface area (Å²) in [5.41, 5.74) is 0. The zero-order chi connectivity index (χ0) is 12.7. The van der Waals surface area contributed by atoms with Crippen molar-refractivity contribution in [3.63, 3.8) is 0 Å². The first kappa shape index (κ1) is 14.7. The van der Waals surface area contributed by atoms with E-state index in [4.69, 9.17) is 0 Å². The minimum absolute atomic E-state index is 0.405. The molecule has 0 amide bonds. The van der Waals surface area contributed by atoms with Gasteiger partial charge >= 0.3 is 0 Å². The summed E-state index contributed by atoms with van der Waals surface area (Å²) >= 11 is 0. The van der Waals surface area contributed by atoms with E-state index in [9.17, 15) is 4.79 Å². The maximum absolute atomic E-state index is 12.2. The predicted molar refractivity (Wildman–Crippen MR) is 74.1 cm³/mol. The van der Waals surface area contributed by atoms with Crippen LogP contribution in [0.3, 0.4) is 0 Å². The molecule has 0 N–H and O–H groups in total. The van der Waals surface area contributed by atoms with E-state index in [1.165, 1.54) is 38.5 Å². The van der Waals surface area contributed by atoms with E-state index in [0.717, 1.165) is 25.2 Å². The van der Waals surface area contributed by atoms with Gasteiger partial charge in [-0.25, -0.2) is 0 Å². The molecular formula is C16H30O. The van der Waals surface area contributed by atoms with E-state index in [2.05, 4.69) is 20.8 Å². The summed E-state index contributed by atoms with van der Waals surface area (Å²) in [6.07, 6.45) is 10.7. The second kappa shape index (κ2) is 7.89. The van der Waals surface area contributed by atoms with Crippen LogP contribution in [0, 0.1) is 17.8 Å². The molecular weight excluding hydrogens is 208 g/mol. The van der Waals surface area contributed by atoms with Crippen molar-refractivity contribution in [2.24, 2.45) is 17.8 Å². The average molecular weight is 238 g/mol. The molecule has 0 saturated heterocycles. The molecule has 1 nitrogen and oxygen atoms in total. The normalized spacial score (nSPS) is 26.8. The fraction of sp³-hybridized carbons (Fsp3) is 0.938. The quantitative estimate of drug-likeness (QED) is 0.611. The zero-order valence-corrected chi connectivity index (χ0v) is 12.0. The Morgan fingerprint density at radius 1 is 1.18 bits per heavy atom. The fourth-order valence-corrected chi connectivity index (χ4v) is 2.98. The van der Waals surface area contributed by atoms with Crippen LogP contribution in [-0.2, 0) is 4.79 Å². The van der Waals surface area contributed by atoms with Gasteiger partial charge in [0.15, 0.2) is 0 Å². The minimum Gasteiger partial charge on any atom is -0.299 e. The largest absolute Gasteiger partial charge is 0.299 e. The monoisotopic (exact) mass is 238 g/mol. The average Bonchev–Trinajstić information content (AvgIpc) is 2.35. The van der Waals surface area contributed by atoms with Crippen molar-refractivity contribution >= 4 is 5.78 Å². The minimum atomic E-state index is 0.405. The Kier molecular flexibility index (Phi) is 6.84. The number of hydrogen-bond donors (Lipinski definition) is 0. The summed E-state index contributed by atoms with van der Waals surface area (Å²) in [7, 11) is 0. The highest BCUT2D eigenvalue weighted by Gasteiger charge is 2.25. The summed E-state index contributed by atoms with van der Waals surface area (Å²) in [4.78, 5) is 12.2. The third-order valence-electron chi connectivity index (χ3n) is 4.50. The Bertz CT molecular complexity index is 214. The van der Waals surface area contributed by atoms with Gasteiger partial charge in [-0.2, -0.15) is 0 Å². The van der Waals surface area contributed by atoms with Gasteiger partial charge in [-0.05, 0) is 24.7 Å². The number of carbonyl (C=O) groups is 1. The lowest BCUT2D eigenvalue weighted by Crippen LogP contribution is -2.22. The third kappa shape index (κ3) is 5.23. The van der Waals surface area contributed by atoms with Gasteiger partial charge in [-0.15, -0.1) is 0 Å². The number of Topliss-reactive ketones (excluding diaryl/α,β-unsaturated/α-hetero) is 1. The molecule has 0 bridgehead atoms. The van der Waals surface area contributed by atoms with Crippen LogP contribution < -0.4 is 0 Å². The summed E-state index contributed by atoms with van der Waals surface area (Å²) in [5, 5.41) is 0. The maximum atomic E-state index is 12.2. The molecule has 0 aromatic carbocycles. The number of hydrogen-bond acceptors (Lipinski definition) is 1. The van der Waals surface area contributed by atoms with Crippen molar-refractivity contribution < 1.29 is 4.79 Å². The number of rotatable bonds is 7. The molecule has 100 valence electrons. The van der Waals surface area contributed by atoms with Gasteiger partial charge in [0.05, 0.1) is 0 Å². The van der Waals surface area contributed by atoms with Crippen LogP contribution in [0.4, 0.5) is 0 Å². The fourth-order valence-electron chi connectivity index (χ4n) is 2.98. The first-order valence-electron chi connectivity index (χ1n) is 7.70. The van der Waals surface area contributed by atoms with E-state index < -0.39 is 0 Å². The molecule has 1 rings (SSSR count). The molecule has 0 radical (unpaired) electrons. The molecule has 0 aromatic rings. The Labute approximate surface area is 107 Å². The van der Waals surface area contributed by atoms with Crippen molar-refractivity contribution in [1.82, 2.24) is 0 Å². The Morgan fingerprint density at radius 3 is 2.35 bits per heavy atom. The summed E-state index contributed by atoms with van der Waals surface area (Å²) in [6, 6.07) is 0. The molecule has 1 heteroatoms. The van der Waals surface area contributed by atoms with Crippen LogP contribution in [-0.4, -0.2) is 5.78 Å². The van der Waals surface area contributed by atoms with Crippen molar-refractivity contribution in [2.45, 2.75) is 78.6 Å². The lowest BCUT2D eigenvalue weighted by molar-refractivity contribution is -0.125. The second-order valence-corrected chi connectivity index (χ2v) is 6.04. The highest BCUT2D eigenvalue weighted by atomic mass is 16.1. The van der Waals surface area contributed by atoms with Crippen LogP contribution in [0.25, 0.3) is 0 Å². The van der Waals surface area contributed by atoms with Crippen LogP contribution in [0.2, 0.25) is 0 Å². The SMILES string of the molecule is CCCCC(CC)CC(=O)C1CCC(C)CC1. The second-order valence-electron chi connectivity index (χ2n) is 6.04. The summed E-state index contributed by atoms with van der Waals surface area (Å²) in [6.45, 7) is 6.78. The van der Waals surface area contributed by atoms with Gasteiger partial charge in [0.1, 0.15) is 5.78 Å². The van der Waals surface area contributed by atoms with Crippen molar-refractivity contribution in [3.8, 4) is 0 Å². The van der Waals surface area contributed by atoms with Crippen LogP contribution in [0.1, 0.15) is 78.6 Å². The highest BCUT2D eigenvalue weighted by Crippen LogP contribution is 2.31. The zero-order valence-electron chi connectivity index (χ0n) is 12.0. The van der Waals surface area contributed by atoms with Crippen LogP contribution in [0.5, 0.6) is 0 Å². The molecule has 1 aliphatic carbocycles. The number of carbonyl (C=O) groups excluding carboxylic acids is 1. The predicted octanol–water partition coefficient (Wildman–Crippen LogP) is 4.99. The highest BCUT2D eigenvalue weighted by molar-refractivity contribution is 5.81. The van der Waals surface area contributed by atoms with E-state index in [1.807, 2.05) is 0 Å². The van der Waals surface area contributed by atoms with Gasteiger partial charge in [-0.3, -0.25) is 4.79 Å². The smallest absolute Gasteiger partial charge is 0.136 e. The van der Waals surface area contributed by atoms with Gasteiger partial charge in [-0.1, -0.05) is 59.3 Å². The van der Waals surface area contributed by atoms with E-state index in [-0.39, 0.29) is 0 Å². The van der Waals surface area contributed by atoms with Crippen LogP contribution >= 0.6 is 0 Å². The van der Waals surface area contributed by atoms with Gasteiger partial charge in [0.2, 0.25) is 0 Å². The van der Waals surface area contributed by atoms with E-state index in [1.54, 1.807) is 0 Å². The number of ketones is 1. The Hall–Kier alpha value is -0.330. The molecule has 0 spiro atoms. The lowest BCUT2D eigenvalue weighted by Gasteiger charge is -2.26. The topological polar surface area (TPSA) is 17.1 Å².